The van der Waals surface area contributed by atoms with Gasteiger partial charge in [-0.2, -0.15) is 0 Å². The van der Waals surface area contributed by atoms with Crippen molar-refractivity contribution >= 4 is 31.7 Å². The van der Waals surface area contributed by atoms with Gasteiger partial charge in [0.1, 0.15) is 24.2 Å². The topological polar surface area (TPSA) is 159 Å². The summed E-state index contributed by atoms with van der Waals surface area (Å²) in [7, 11) is -4.78. The van der Waals surface area contributed by atoms with Gasteiger partial charge in [0.2, 0.25) is 6.29 Å². The molecule has 42 heavy (non-hydrogen) atoms. The number of para-hydroxylation sites is 2. The van der Waals surface area contributed by atoms with Crippen LogP contribution in [0.4, 0.5) is 4.39 Å². The molecule has 0 radical (unpaired) electrons. The third-order valence-corrected chi connectivity index (χ3v) is 6.73. The van der Waals surface area contributed by atoms with Gasteiger partial charge in [-0.15, -0.1) is 0 Å². The van der Waals surface area contributed by atoms with Crippen LogP contribution in [0.3, 0.4) is 0 Å². The molecule has 1 aliphatic rings. The summed E-state index contributed by atoms with van der Waals surface area (Å²) in [6, 6.07) is 15.5. The molecule has 0 spiro atoms. The van der Waals surface area contributed by atoms with Crippen LogP contribution in [0.25, 0.3) is 0 Å². The molecule has 2 aromatic carbocycles. The third-order valence-electron chi connectivity index (χ3n) is 5.39. The van der Waals surface area contributed by atoms with Gasteiger partial charge in [0.15, 0.2) is 24.5 Å². The van der Waals surface area contributed by atoms with Crippen LogP contribution in [-0.2, 0) is 52.0 Å². The van der Waals surface area contributed by atoms with Gasteiger partial charge in [-0.05, 0) is 24.3 Å². The maximum atomic E-state index is 15.5. The number of halogens is 1. The lowest BCUT2D eigenvalue weighted by Gasteiger charge is -2.45. The van der Waals surface area contributed by atoms with Gasteiger partial charge in [-0.25, -0.2) is 13.5 Å². The predicted molar refractivity (Wildman–Crippen MR) is 140 cm³/mol. The first kappa shape index (κ1) is 32.5. The molecular weight excluding hydrogens is 582 g/mol. The van der Waals surface area contributed by atoms with Crippen LogP contribution in [0.15, 0.2) is 60.7 Å². The standard InChI is InChI=1S/C27H30FO13P/c1-16(29)34-15-22(28)23-24(35-17(2)30)25(36-18(3)31)26(37-19(4)32)27(38-23)41-42(33,39-20-11-7-5-8-12-20)40-21-13-9-6-10-14-21/h5-14,22-27H,15H2,1-4H3/t22-,23?,24?,25?,26?,27?/m0/s1. The second kappa shape index (κ2) is 14.8. The van der Waals surface area contributed by atoms with Crippen molar-refractivity contribution in [2.75, 3.05) is 6.61 Å². The number of ether oxygens (including phenoxy) is 5. The van der Waals surface area contributed by atoms with E-state index in [0.29, 0.717) is 0 Å². The third kappa shape index (κ3) is 9.54. The Bertz CT molecular complexity index is 1230. The molecule has 1 saturated heterocycles. The number of rotatable bonds is 12. The summed E-state index contributed by atoms with van der Waals surface area (Å²) < 4.78 is 72.7. The first-order valence-electron chi connectivity index (χ1n) is 12.6. The molecular formula is C27H30FO13P. The highest BCUT2D eigenvalue weighted by molar-refractivity contribution is 7.49. The summed E-state index contributed by atoms with van der Waals surface area (Å²) in [5.74, 6) is -3.54. The van der Waals surface area contributed by atoms with Crippen LogP contribution in [0.1, 0.15) is 27.7 Å². The van der Waals surface area contributed by atoms with Crippen LogP contribution in [0.5, 0.6) is 11.5 Å². The van der Waals surface area contributed by atoms with E-state index >= 15 is 4.39 Å². The van der Waals surface area contributed by atoms with Gasteiger partial charge in [0, 0.05) is 27.7 Å². The summed E-state index contributed by atoms with van der Waals surface area (Å²) in [6.45, 7) is 3.19. The Hall–Kier alpha value is -4.00. The highest BCUT2D eigenvalue weighted by Gasteiger charge is 2.57. The number of carbonyl (C=O) groups excluding carboxylic acids is 4. The molecule has 0 bridgehead atoms. The summed E-state index contributed by atoms with van der Waals surface area (Å²) in [6.07, 6.45) is -11.3. The van der Waals surface area contributed by atoms with Gasteiger partial charge in [-0.3, -0.25) is 19.2 Å². The van der Waals surface area contributed by atoms with E-state index in [1.807, 2.05) is 0 Å². The minimum Gasteiger partial charge on any atom is -0.463 e. The summed E-state index contributed by atoms with van der Waals surface area (Å²) in [4.78, 5) is 47.5. The molecule has 3 rings (SSSR count). The molecule has 0 saturated carbocycles. The Kier molecular flexibility index (Phi) is 11.4. The fourth-order valence-electron chi connectivity index (χ4n) is 3.88. The van der Waals surface area contributed by atoms with E-state index < -0.39 is 75.2 Å². The monoisotopic (exact) mass is 612 g/mol. The van der Waals surface area contributed by atoms with Crippen LogP contribution >= 0.6 is 7.82 Å². The lowest BCUT2D eigenvalue weighted by Crippen LogP contribution is -2.64. The number of phosphoric ester groups is 1. The first-order valence-corrected chi connectivity index (χ1v) is 14.0. The highest BCUT2D eigenvalue weighted by Crippen LogP contribution is 2.52. The summed E-state index contributed by atoms with van der Waals surface area (Å²) in [5, 5.41) is 0. The van der Waals surface area contributed by atoms with E-state index in [4.69, 9.17) is 37.3 Å². The second-order valence-corrected chi connectivity index (χ2v) is 10.3. The van der Waals surface area contributed by atoms with Gasteiger partial charge in [-0.1, -0.05) is 36.4 Å². The molecule has 0 N–H and O–H groups in total. The van der Waals surface area contributed by atoms with Crippen molar-refractivity contribution in [3.05, 3.63) is 60.7 Å². The largest absolute Gasteiger partial charge is 0.590 e. The van der Waals surface area contributed by atoms with Crippen molar-refractivity contribution in [3.8, 4) is 11.5 Å². The Morgan fingerprint density at radius 3 is 1.64 bits per heavy atom. The zero-order valence-corrected chi connectivity index (χ0v) is 24.0. The number of esters is 4. The van der Waals surface area contributed by atoms with Crippen LogP contribution in [-0.4, -0.2) is 67.4 Å². The number of alkyl halides is 1. The lowest BCUT2D eigenvalue weighted by molar-refractivity contribution is -0.296. The van der Waals surface area contributed by atoms with E-state index in [9.17, 15) is 23.7 Å². The van der Waals surface area contributed by atoms with Crippen LogP contribution < -0.4 is 9.05 Å². The average molecular weight is 612 g/mol. The van der Waals surface area contributed by atoms with Crippen molar-refractivity contribution in [1.29, 1.82) is 0 Å². The molecule has 2 aromatic rings. The van der Waals surface area contributed by atoms with Gasteiger partial charge in [0.05, 0.1) is 0 Å². The number of phosphoric acid groups is 1. The Labute approximate surface area is 240 Å². The lowest BCUT2D eigenvalue weighted by atomic mass is 9.95. The molecule has 0 aliphatic carbocycles. The maximum Gasteiger partial charge on any atom is 0.590 e. The Balaban J connectivity index is 2.08. The van der Waals surface area contributed by atoms with Crippen molar-refractivity contribution in [3.63, 3.8) is 0 Å². The second-order valence-electron chi connectivity index (χ2n) is 8.87. The van der Waals surface area contributed by atoms with Gasteiger partial charge < -0.3 is 32.7 Å². The Morgan fingerprint density at radius 1 is 0.738 bits per heavy atom. The molecule has 13 nitrogen and oxygen atoms in total. The van der Waals surface area contributed by atoms with E-state index in [1.165, 1.54) is 24.3 Å². The van der Waals surface area contributed by atoms with Crippen LogP contribution in [0, 0.1) is 0 Å². The van der Waals surface area contributed by atoms with Crippen molar-refractivity contribution in [2.45, 2.75) is 64.6 Å². The van der Waals surface area contributed by atoms with Crippen molar-refractivity contribution in [1.82, 2.24) is 0 Å². The van der Waals surface area contributed by atoms with Crippen LogP contribution in [0.2, 0.25) is 0 Å². The SMILES string of the molecule is CC(=O)OC[C@H](F)C1OC(OP(=O)(Oc2ccccc2)Oc2ccccc2)C(OC(C)=O)C(OC(C)=O)C1OC(C)=O. The molecule has 1 heterocycles. The molecule has 228 valence electrons. The fraction of sp³-hybridized carbons (Fsp3) is 0.407. The first-order chi connectivity index (χ1) is 19.9. The molecule has 0 aromatic heterocycles. The zero-order valence-electron chi connectivity index (χ0n) is 23.1. The molecule has 1 fully saturated rings. The molecule has 0 amide bonds. The van der Waals surface area contributed by atoms with Crippen molar-refractivity contribution < 1.29 is 65.4 Å². The highest BCUT2D eigenvalue weighted by atomic mass is 31.2. The molecule has 15 heteroatoms. The van der Waals surface area contributed by atoms with E-state index in [-0.39, 0.29) is 11.5 Å². The molecule has 6 atom stereocenters. The minimum absolute atomic E-state index is 0.0423. The van der Waals surface area contributed by atoms with Gasteiger partial charge in [0.25, 0.3) is 0 Å². The molecule has 1 aliphatic heterocycles. The predicted octanol–water partition coefficient (Wildman–Crippen LogP) is 3.69. The van der Waals surface area contributed by atoms with E-state index in [2.05, 4.69) is 0 Å². The quantitative estimate of drug-likeness (QED) is 0.194. The normalized spacial score (nSPS) is 22.6. The average Bonchev–Trinajstić information content (AvgIpc) is 2.90. The maximum absolute atomic E-state index is 15.5. The number of benzene rings is 2. The minimum atomic E-state index is -4.78. The van der Waals surface area contributed by atoms with Gasteiger partial charge >= 0.3 is 31.7 Å². The van der Waals surface area contributed by atoms with E-state index in [0.717, 1.165) is 27.7 Å². The number of carbonyl (C=O) groups is 4. The van der Waals surface area contributed by atoms with E-state index in [1.54, 1.807) is 36.4 Å². The zero-order chi connectivity index (χ0) is 30.9. The Morgan fingerprint density at radius 2 is 1.19 bits per heavy atom. The summed E-state index contributed by atoms with van der Waals surface area (Å²) >= 11 is 0. The number of hydrogen-bond donors (Lipinski definition) is 0. The van der Waals surface area contributed by atoms with Crippen molar-refractivity contribution in [2.24, 2.45) is 0 Å². The molecule has 5 unspecified atom stereocenters. The smallest absolute Gasteiger partial charge is 0.463 e. The fourth-order valence-corrected chi connectivity index (χ4v) is 5.19. The number of hydrogen-bond acceptors (Lipinski definition) is 13. The summed E-state index contributed by atoms with van der Waals surface area (Å²) in [5.41, 5.74) is 0.